The lowest BCUT2D eigenvalue weighted by Crippen LogP contribution is -2.17. The summed E-state index contributed by atoms with van der Waals surface area (Å²) < 4.78 is 1.16. The van der Waals surface area contributed by atoms with Crippen molar-refractivity contribution in [2.24, 2.45) is 0 Å². The minimum Gasteiger partial charge on any atom is -0.0622 e. The van der Waals surface area contributed by atoms with Crippen molar-refractivity contribution in [1.29, 1.82) is 0 Å². The van der Waals surface area contributed by atoms with Crippen molar-refractivity contribution in [3.05, 3.63) is 203 Å². The third kappa shape index (κ3) is 4.77. The molecule has 0 aromatic heterocycles. The first-order valence-corrected chi connectivity index (χ1v) is 21.6. The minimum absolute atomic E-state index is 0.165. The lowest BCUT2D eigenvalue weighted by Gasteiger charge is -2.25. The number of benzene rings is 10. The van der Waals surface area contributed by atoms with Crippen molar-refractivity contribution >= 4 is 59.0 Å². The fourth-order valence-electron chi connectivity index (χ4n) is 11.0. The molecule has 59 heavy (non-hydrogen) atoms. The van der Waals surface area contributed by atoms with E-state index >= 15 is 0 Å². The van der Waals surface area contributed by atoms with Crippen LogP contribution in [0.15, 0.2) is 180 Å². The molecular weight excluding hydrogens is 777 g/mol. The van der Waals surface area contributed by atoms with E-state index in [2.05, 4.69) is 220 Å². The van der Waals surface area contributed by atoms with Gasteiger partial charge in [0, 0.05) is 15.3 Å². The zero-order chi connectivity index (χ0) is 39.8. The second kappa shape index (κ2) is 12.4. The fraction of sp³-hybridized carbons (Fsp3) is 0.103. The molecule has 2 aliphatic rings. The van der Waals surface area contributed by atoms with E-state index in [-0.39, 0.29) is 10.8 Å². The third-order valence-electron chi connectivity index (χ3n) is 13.9. The molecule has 10 aromatic rings. The Morgan fingerprint density at radius 1 is 0.288 bits per heavy atom. The molecule has 0 aliphatic heterocycles. The normalized spacial score (nSPS) is 14.5. The van der Waals surface area contributed by atoms with Crippen molar-refractivity contribution in [3.63, 3.8) is 0 Å². The Balaban J connectivity index is 1.01. The average Bonchev–Trinajstić information content (AvgIpc) is 3.63. The number of fused-ring (bicyclic) bond motifs is 10. The Kier molecular flexibility index (Phi) is 7.28. The Hall–Kier alpha value is -6.28. The molecule has 0 amide bonds. The summed E-state index contributed by atoms with van der Waals surface area (Å²) in [6.07, 6.45) is 0. The quantitative estimate of drug-likeness (QED) is 0.156. The smallest absolute Gasteiger partial charge is 0.0332 e. The Morgan fingerprint density at radius 3 is 0.983 bits per heavy atom. The van der Waals surface area contributed by atoms with Crippen LogP contribution >= 0.6 is 15.9 Å². The average molecular weight is 818 g/mol. The summed E-state index contributed by atoms with van der Waals surface area (Å²) in [4.78, 5) is 0. The van der Waals surface area contributed by atoms with Crippen molar-refractivity contribution in [1.82, 2.24) is 0 Å². The summed E-state index contributed by atoms with van der Waals surface area (Å²) in [5.41, 5.74) is 18.4. The van der Waals surface area contributed by atoms with Gasteiger partial charge >= 0.3 is 0 Å². The highest BCUT2D eigenvalue weighted by atomic mass is 79.9. The Morgan fingerprint density at radius 2 is 0.593 bits per heavy atom. The number of hydrogen-bond acceptors (Lipinski definition) is 0. The van der Waals surface area contributed by atoms with E-state index in [1.807, 2.05) is 0 Å². The zero-order valence-corrected chi connectivity index (χ0v) is 35.2. The van der Waals surface area contributed by atoms with Gasteiger partial charge in [-0.15, -0.1) is 0 Å². The number of rotatable bonds is 3. The van der Waals surface area contributed by atoms with Crippen LogP contribution in [-0.2, 0) is 10.8 Å². The van der Waals surface area contributed by atoms with Crippen LogP contribution in [0.1, 0.15) is 49.9 Å². The van der Waals surface area contributed by atoms with Gasteiger partial charge in [-0.2, -0.15) is 0 Å². The van der Waals surface area contributed by atoms with Crippen LogP contribution in [-0.4, -0.2) is 0 Å². The van der Waals surface area contributed by atoms with Gasteiger partial charge in [0.2, 0.25) is 0 Å². The van der Waals surface area contributed by atoms with Crippen LogP contribution in [0.25, 0.3) is 98.7 Å². The van der Waals surface area contributed by atoms with Gasteiger partial charge in [0.15, 0.2) is 0 Å². The standard InChI is InChI=1S/C58H41Br/c1-57(2)49-30-35(54-41-20-10-8-18-39(41)53(34-16-6-5-7-17-34)40-19-9-11-21-42(40)54)26-28-37(49)47-32-52-48(33-51(47)57)38-29-27-36(31-50(38)58(52,3)4)55-43-22-12-14-24-45(43)56(59)46-25-15-13-23-44(46)55/h5-33H,1-4H3. The lowest BCUT2D eigenvalue weighted by atomic mass is 9.78. The predicted octanol–water partition coefficient (Wildman–Crippen LogP) is 16.7. The second-order valence-electron chi connectivity index (χ2n) is 17.7. The van der Waals surface area contributed by atoms with E-state index in [1.165, 1.54) is 121 Å². The molecule has 280 valence electrons. The molecule has 0 unspecified atom stereocenters. The van der Waals surface area contributed by atoms with Gasteiger partial charge in [0.25, 0.3) is 0 Å². The van der Waals surface area contributed by atoms with Crippen molar-refractivity contribution in [2.45, 2.75) is 38.5 Å². The molecular formula is C58H41Br. The van der Waals surface area contributed by atoms with E-state index in [4.69, 9.17) is 0 Å². The van der Waals surface area contributed by atoms with E-state index in [0.717, 1.165) is 4.47 Å². The predicted molar refractivity (Wildman–Crippen MR) is 256 cm³/mol. The number of halogens is 1. The van der Waals surface area contributed by atoms with E-state index in [1.54, 1.807) is 0 Å². The summed E-state index contributed by atoms with van der Waals surface area (Å²) in [5.74, 6) is 0. The van der Waals surface area contributed by atoms with Crippen molar-refractivity contribution < 1.29 is 0 Å². The van der Waals surface area contributed by atoms with Gasteiger partial charge in [-0.05, 0) is 161 Å². The fourth-order valence-corrected chi connectivity index (χ4v) is 11.7. The third-order valence-corrected chi connectivity index (χ3v) is 14.8. The van der Waals surface area contributed by atoms with E-state index < -0.39 is 0 Å². The molecule has 0 radical (unpaired) electrons. The maximum absolute atomic E-state index is 3.97. The summed E-state index contributed by atoms with van der Waals surface area (Å²) >= 11 is 3.97. The maximum Gasteiger partial charge on any atom is 0.0332 e. The first-order chi connectivity index (χ1) is 28.7. The maximum atomic E-state index is 3.97. The van der Waals surface area contributed by atoms with Crippen molar-refractivity contribution in [3.8, 4) is 55.6 Å². The molecule has 2 aliphatic carbocycles. The molecule has 0 atom stereocenters. The Labute approximate surface area is 353 Å². The van der Waals surface area contributed by atoms with Gasteiger partial charge in [0.05, 0.1) is 0 Å². The van der Waals surface area contributed by atoms with Gasteiger partial charge in [-0.1, -0.05) is 179 Å². The second-order valence-corrected chi connectivity index (χ2v) is 18.5. The molecule has 0 saturated heterocycles. The van der Waals surface area contributed by atoms with Crippen LogP contribution in [0.2, 0.25) is 0 Å². The summed E-state index contributed by atoms with van der Waals surface area (Å²) in [7, 11) is 0. The molecule has 1 heteroatoms. The molecule has 0 nitrogen and oxygen atoms in total. The van der Waals surface area contributed by atoms with Crippen LogP contribution in [0, 0.1) is 0 Å². The summed E-state index contributed by atoms with van der Waals surface area (Å²) in [6.45, 7) is 9.70. The highest BCUT2D eigenvalue weighted by Gasteiger charge is 2.42. The van der Waals surface area contributed by atoms with E-state index in [0.29, 0.717) is 0 Å². The molecule has 0 spiro atoms. The molecule has 0 saturated carbocycles. The minimum atomic E-state index is -0.173. The molecule has 0 heterocycles. The van der Waals surface area contributed by atoms with Crippen LogP contribution < -0.4 is 0 Å². The first-order valence-electron chi connectivity index (χ1n) is 20.8. The monoisotopic (exact) mass is 816 g/mol. The van der Waals surface area contributed by atoms with Gasteiger partial charge in [-0.25, -0.2) is 0 Å². The SMILES string of the molecule is CC1(C)c2cc(-c3c4ccccc4c(Br)c4ccccc34)ccc2-c2cc3c(cc21)-c1ccc(-c2c4ccccc4c(-c4ccccc4)c4ccccc24)cc1C3(C)C. The lowest BCUT2D eigenvalue weighted by molar-refractivity contribution is 0.652. The van der Waals surface area contributed by atoms with Crippen LogP contribution in [0.5, 0.6) is 0 Å². The molecule has 0 fully saturated rings. The first kappa shape index (κ1) is 34.7. The zero-order valence-electron chi connectivity index (χ0n) is 33.6. The van der Waals surface area contributed by atoms with Crippen molar-refractivity contribution in [2.75, 3.05) is 0 Å². The highest BCUT2D eigenvalue weighted by Crippen LogP contribution is 2.58. The molecule has 12 rings (SSSR count). The molecule has 0 N–H and O–H groups in total. The van der Waals surface area contributed by atoms with Gasteiger partial charge in [-0.3, -0.25) is 0 Å². The topological polar surface area (TPSA) is 0 Å². The largest absolute Gasteiger partial charge is 0.0622 e. The molecule has 10 aromatic carbocycles. The van der Waals surface area contributed by atoms with E-state index in [9.17, 15) is 0 Å². The summed E-state index contributed by atoms with van der Waals surface area (Å²) in [6, 6.07) is 66.1. The highest BCUT2D eigenvalue weighted by molar-refractivity contribution is 9.10. The molecule has 0 bridgehead atoms. The van der Waals surface area contributed by atoms with Gasteiger partial charge in [0.1, 0.15) is 0 Å². The van der Waals surface area contributed by atoms with Gasteiger partial charge < -0.3 is 0 Å². The summed E-state index contributed by atoms with van der Waals surface area (Å²) in [5, 5.41) is 10.2. The van der Waals surface area contributed by atoms with Crippen LogP contribution in [0.3, 0.4) is 0 Å². The Bertz CT molecular complexity index is 3320. The number of hydrogen-bond donors (Lipinski definition) is 0. The van der Waals surface area contributed by atoms with Crippen LogP contribution in [0.4, 0.5) is 0 Å².